The van der Waals surface area contributed by atoms with Crippen LogP contribution in [0.4, 0.5) is 5.69 Å². The Morgan fingerprint density at radius 2 is 1.95 bits per heavy atom. The van der Waals surface area contributed by atoms with Gasteiger partial charge in [0.2, 0.25) is 5.91 Å². The van der Waals surface area contributed by atoms with Crippen molar-refractivity contribution in [3.63, 3.8) is 0 Å². The molecule has 0 aliphatic heterocycles. The number of nitrogens with one attached hydrogen (secondary N) is 2. The van der Waals surface area contributed by atoms with Crippen LogP contribution in [0.25, 0.3) is 0 Å². The highest BCUT2D eigenvalue weighted by Gasteiger charge is 2.06. The second kappa shape index (κ2) is 7.48. The lowest BCUT2D eigenvalue weighted by Crippen LogP contribution is -2.29. The Morgan fingerprint density at radius 3 is 2.67 bits per heavy atom. The molecule has 2 aromatic carbocycles. The van der Waals surface area contributed by atoms with E-state index in [4.69, 9.17) is 11.6 Å². The van der Waals surface area contributed by atoms with Gasteiger partial charge in [-0.25, -0.2) is 0 Å². The average molecular weight is 368 g/mol. The lowest BCUT2D eigenvalue weighted by molar-refractivity contribution is -0.119. The van der Waals surface area contributed by atoms with Crippen LogP contribution in [0.1, 0.15) is 11.1 Å². The van der Waals surface area contributed by atoms with Crippen molar-refractivity contribution < 1.29 is 4.79 Å². The summed E-state index contributed by atoms with van der Waals surface area (Å²) < 4.78 is 0.889. The summed E-state index contributed by atoms with van der Waals surface area (Å²) in [5.41, 5.74) is 2.87. The minimum Gasteiger partial charge on any atom is -0.375 e. The zero-order valence-electron chi connectivity index (χ0n) is 11.6. The first-order valence-electron chi connectivity index (χ1n) is 6.56. The Hall–Kier alpha value is -1.52. The van der Waals surface area contributed by atoms with Crippen molar-refractivity contribution in [2.45, 2.75) is 13.5 Å². The molecule has 2 rings (SSSR count). The first kappa shape index (κ1) is 15.9. The van der Waals surface area contributed by atoms with E-state index in [1.165, 1.54) is 0 Å². The SMILES string of the molecule is Cc1cc(Br)c(NCC(=O)NCc2ccccc2)cc1Cl. The summed E-state index contributed by atoms with van der Waals surface area (Å²) in [4.78, 5) is 11.8. The van der Waals surface area contributed by atoms with Crippen LogP contribution in [0.3, 0.4) is 0 Å². The van der Waals surface area contributed by atoms with Gasteiger partial charge < -0.3 is 10.6 Å². The Kier molecular flexibility index (Phi) is 5.65. The molecule has 0 unspecified atom stereocenters. The predicted octanol–water partition coefficient (Wildman–Crippen LogP) is 4.14. The predicted molar refractivity (Wildman–Crippen MR) is 90.7 cm³/mol. The number of rotatable bonds is 5. The van der Waals surface area contributed by atoms with Gasteiger partial charge in [-0.1, -0.05) is 41.9 Å². The maximum Gasteiger partial charge on any atom is 0.239 e. The fourth-order valence-corrected chi connectivity index (χ4v) is 2.58. The molecule has 2 N–H and O–H groups in total. The highest BCUT2D eigenvalue weighted by Crippen LogP contribution is 2.28. The van der Waals surface area contributed by atoms with Crippen LogP contribution in [0.15, 0.2) is 46.9 Å². The molecule has 0 fully saturated rings. The van der Waals surface area contributed by atoms with Gasteiger partial charge in [-0.05, 0) is 46.1 Å². The van der Waals surface area contributed by atoms with Crippen LogP contribution in [-0.4, -0.2) is 12.5 Å². The van der Waals surface area contributed by atoms with Gasteiger partial charge in [0.25, 0.3) is 0 Å². The van der Waals surface area contributed by atoms with E-state index >= 15 is 0 Å². The van der Waals surface area contributed by atoms with Gasteiger partial charge in [-0.2, -0.15) is 0 Å². The van der Waals surface area contributed by atoms with Gasteiger partial charge in [0, 0.05) is 16.0 Å². The van der Waals surface area contributed by atoms with Gasteiger partial charge in [0.05, 0.1) is 12.2 Å². The van der Waals surface area contributed by atoms with Crippen molar-refractivity contribution in [3.05, 3.63) is 63.1 Å². The molecule has 21 heavy (non-hydrogen) atoms. The largest absolute Gasteiger partial charge is 0.375 e. The molecule has 3 nitrogen and oxygen atoms in total. The second-order valence-corrected chi connectivity index (χ2v) is 5.96. The molecule has 0 aliphatic rings. The highest BCUT2D eigenvalue weighted by molar-refractivity contribution is 9.10. The van der Waals surface area contributed by atoms with Gasteiger partial charge in [-0.15, -0.1) is 0 Å². The molecule has 5 heteroatoms. The van der Waals surface area contributed by atoms with Crippen molar-refractivity contribution in [2.24, 2.45) is 0 Å². The van der Waals surface area contributed by atoms with E-state index in [9.17, 15) is 4.79 Å². The Labute approximate surface area is 137 Å². The van der Waals surface area contributed by atoms with Gasteiger partial charge in [0.1, 0.15) is 0 Å². The first-order valence-corrected chi connectivity index (χ1v) is 7.73. The summed E-state index contributed by atoms with van der Waals surface area (Å²) in [7, 11) is 0. The molecule has 0 spiro atoms. The van der Waals surface area contributed by atoms with E-state index in [1.807, 2.05) is 49.4 Å². The average Bonchev–Trinajstić information content (AvgIpc) is 2.48. The van der Waals surface area contributed by atoms with Crippen LogP contribution in [-0.2, 0) is 11.3 Å². The third kappa shape index (κ3) is 4.76. The van der Waals surface area contributed by atoms with E-state index in [0.717, 1.165) is 21.3 Å². The van der Waals surface area contributed by atoms with E-state index in [2.05, 4.69) is 26.6 Å². The Morgan fingerprint density at radius 1 is 1.24 bits per heavy atom. The quantitative estimate of drug-likeness (QED) is 0.834. The number of aryl methyl sites for hydroxylation is 1. The topological polar surface area (TPSA) is 41.1 Å². The lowest BCUT2D eigenvalue weighted by atomic mass is 10.2. The van der Waals surface area contributed by atoms with Gasteiger partial charge in [-0.3, -0.25) is 4.79 Å². The normalized spacial score (nSPS) is 10.2. The molecule has 2 aromatic rings. The molecule has 0 saturated carbocycles. The zero-order valence-corrected chi connectivity index (χ0v) is 14.0. The summed E-state index contributed by atoms with van der Waals surface area (Å²) >= 11 is 9.54. The molecule has 0 radical (unpaired) electrons. The highest BCUT2D eigenvalue weighted by atomic mass is 79.9. The third-order valence-corrected chi connectivity index (χ3v) is 4.08. The molecule has 110 valence electrons. The zero-order chi connectivity index (χ0) is 15.2. The summed E-state index contributed by atoms with van der Waals surface area (Å²) in [6.45, 7) is 2.66. The summed E-state index contributed by atoms with van der Waals surface area (Å²) in [5, 5.41) is 6.61. The lowest BCUT2D eigenvalue weighted by Gasteiger charge is -2.11. The van der Waals surface area contributed by atoms with Crippen LogP contribution in [0.2, 0.25) is 5.02 Å². The second-order valence-electron chi connectivity index (χ2n) is 4.70. The molecule has 0 heterocycles. The smallest absolute Gasteiger partial charge is 0.239 e. The standard InChI is InChI=1S/C16H16BrClN2O/c1-11-7-13(17)15(8-14(11)18)19-10-16(21)20-9-12-5-3-2-4-6-12/h2-8,19H,9-10H2,1H3,(H,20,21). The number of anilines is 1. The minimum atomic E-state index is -0.0672. The molecular formula is C16H16BrClN2O. The molecule has 0 saturated heterocycles. The maximum absolute atomic E-state index is 11.8. The molecular weight excluding hydrogens is 352 g/mol. The molecule has 0 aliphatic carbocycles. The fourth-order valence-electron chi connectivity index (χ4n) is 1.82. The van der Waals surface area contributed by atoms with Crippen LogP contribution < -0.4 is 10.6 Å². The van der Waals surface area contributed by atoms with Crippen molar-refractivity contribution in [3.8, 4) is 0 Å². The Balaban J connectivity index is 1.85. The fraction of sp³-hybridized carbons (Fsp3) is 0.188. The summed E-state index contributed by atoms with van der Waals surface area (Å²) in [6.07, 6.45) is 0. The van der Waals surface area contributed by atoms with Crippen molar-refractivity contribution in [2.75, 3.05) is 11.9 Å². The van der Waals surface area contributed by atoms with Crippen molar-refractivity contribution in [1.82, 2.24) is 5.32 Å². The molecule has 0 bridgehead atoms. The number of halogens is 2. The summed E-state index contributed by atoms with van der Waals surface area (Å²) in [6, 6.07) is 13.5. The monoisotopic (exact) mass is 366 g/mol. The van der Waals surface area contributed by atoms with Gasteiger partial charge >= 0.3 is 0 Å². The molecule has 0 aromatic heterocycles. The maximum atomic E-state index is 11.8. The van der Waals surface area contributed by atoms with E-state index in [0.29, 0.717) is 11.6 Å². The number of hydrogen-bond acceptors (Lipinski definition) is 2. The molecule has 0 atom stereocenters. The number of amides is 1. The summed E-state index contributed by atoms with van der Waals surface area (Å²) in [5.74, 6) is -0.0672. The third-order valence-electron chi connectivity index (χ3n) is 3.02. The number of benzene rings is 2. The minimum absolute atomic E-state index is 0.0672. The van der Waals surface area contributed by atoms with Crippen LogP contribution in [0, 0.1) is 6.92 Å². The van der Waals surface area contributed by atoms with Crippen molar-refractivity contribution >= 4 is 39.1 Å². The number of carbonyl (C=O) groups excluding carboxylic acids is 1. The number of hydrogen-bond donors (Lipinski definition) is 2. The van der Waals surface area contributed by atoms with E-state index in [-0.39, 0.29) is 12.5 Å². The van der Waals surface area contributed by atoms with Crippen LogP contribution in [0.5, 0.6) is 0 Å². The Bertz CT molecular complexity index is 632. The van der Waals surface area contributed by atoms with Gasteiger partial charge in [0.15, 0.2) is 0 Å². The number of carbonyl (C=O) groups is 1. The van der Waals surface area contributed by atoms with E-state index < -0.39 is 0 Å². The molecule has 1 amide bonds. The van der Waals surface area contributed by atoms with Crippen LogP contribution >= 0.6 is 27.5 Å². The first-order chi connectivity index (χ1) is 10.1. The van der Waals surface area contributed by atoms with E-state index in [1.54, 1.807) is 0 Å². The van der Waals surface area contributed by atoms with Crippen molar-refractivity contribution in [1.29, 1.82) is 0 Å².